The summed E-state index contributed by atoms with van der Waals surface area (Å²) in [6, 6.07) is 0. The van der Waals surface area contributed by atoms with Gasteiger partial charge in [-0.05, 0) is 27.7 Å². The van der Waals surface area contributed by atoms with Crippen molar-refractivity contribution in [1.82, 2.24) is 4.90 Å². The first-order valence-electron chi connectivity index (χ1n) is 4.13. The highest BCUT2D eigenvalue weighted by atomic mass is 79.9. The van der Waals surface area contributed by atoms with Crippen LogP contribution in [0.5, 0.6) is 0 Å². The molecule has 0 fully saturated rings. The zero-order chi connectivity index (χ0) is 11.8. The van der Waals surface area contributed by atoms with E-state index in [0.29, 0.717) is 6.54 Å². The van der Waals surface area contributed by atoms with Crippen LogP contribution >= 0.6 is 25.8 Å². The van der Waals surface area contributed by atoms with Gasteiger partial charge in [0.25, 0.3) is 0 Å². The third-order valence-corrected chi connectivity index (χ3v) is 1.04. The van der Waals surface area contributed by atoms with Gasteiger partial charge in [0.15, 0.2) is 0 Å². The minimum atomic E-state index is -0.416. The minimum absolute atomic E-state index is 0.0417. The van der Waals surface area contributed by atoms with E-state index in [1.807, 2.05) is 20.8 Å². The van der Waals surface area contributed by atoms with E-state index in [0.717, 1.165) is 0 Å². The van der Waals surface area contributed by atoms with Crippen LogP contribution in [0.3, 0.4) is 0 Å². The quantitative estimate of drug-likeness (QED) is 0.686. The summed E-state index contributed by atoms with van der Waals surface area (Å²) >= 11 is 6.44. The fraction of sp³-hybridized carbons (Fsp3) is 0.750. The van der Waals surface area contributed by atoms with Gasteiger partial charge >= 0.3 is 22.1 Å². The van der Waals surface area contributed by atoms with E-state index in [2.05, 4.69) is 32.7 Å². The molecule has 0 saturated heterocycles. The molecule has 0 aromatic rings. The number of hydrogen-bond acceptors (Lipinski definition) is 2. The summed E-state index contributed by atoms with van der Waals surface area (Å²) in [5.74, 6) is 0. The van der Waals surface area contributed by atoms with Crippen molar-refractivity contribution in [2.24, 2.45) is 0 Å². The number of rotatable bonds is 1. The summed E-state index contributed by atoms with van der Waals surface area (Å²) < 4.78 is 5.04. The first kappa shape index (κ1) is 17.4. The lowest BCUT2D eigenvalue weighted by Crippen LogP contribution is -2.33. The number of carbonyl (C=O) groups excluding carboxylic acids is 1. The van der Waals surface area contributed by atoms with Gasteiger partial charge in [0.05, 0.1) is 0 Å². The van der Waals surface area contributed by atoms with Crippen LogP contribution in [0.1, 0.15) is 20.8 Å². The molecule has 0 aliphatic heterocycles. The lowest BCUT2D eigenvalue weighted by Gasteiger charge is -2.23. The van der Waals surface area contributed by atoms with E-state index >= 15 is 0 Å². The summed E-state index contributed by atoms with van der Waals surface area (Å²) in [5.41, 5.74) is -0.416. The van der Waals surface area contributed by atoms with Crippen molar-refractivity contribution in [1.29, 1.82) is 0 Å². The molecule has 3 nitrogen and oxygen atoms in total. The summed E-state index contributed by atoms with van der Waals surface area (Å²) in [5, 5.41) is 0. The van der Waals surface area contributed by atoms with Gasteiger partial charge in [0, 0.05) is 13.6 Å². The van der Waals surface area contributed by atoms with Crippen molar-refractivity contribution in [3.8, 4) is 0 Å². The van der Waals surface area contributed by atoms with Crippen LogP contribution in [0.4, 0.5) is 4.79 Å². The number of halogens is 2. The molecule has 1 radical (unpaired) electrons. The fourth-order valence-corrected chi connectivity index (χ4v) is 0.431. The van der Waals surface area contributed by atoms with E-state index in [1.165, 1.54) is 4.90 Å². The lowest BCUT2D eigenvalue weighted by atomic mass is 10.2. The highest BCUT2D eigenvalue weighted by Gasteiger charge is 2.17. The molecule has 14 heavy (non-hydrogen) atoms. The lowest BCUT2D eigenvalue weighted by molar-refractivity contribution is 0.0317. The molecule has 0 rings (SSSR count). The molecule has 0 saturated carbocycles. The highest BCUT2D eigenvalue weighted by molar-refractivity contribution is 9.47. The molecule has 0 N–H and O–H groups in total. The van der Waals surface area contributed by atoms with Crippen LogP contribution in [0.25, 0.3) is 0 Å². The van der Waals surface area contributed by atoms with Gasteiger partial charge in [-0.1, -0.05) is 0 Å². The Bertz CT molecular complexity index is 162. The highest BCUT2D eigenvalue weighted by Crippen LogP contribution is 2.08. The van der Waals surface area contributed by atoms with Crippen molar-refractivity contribution in [2.75, 3.05) is 13.6 Å². The normalized spacial score (nSPS) is 9.36. The van der Waals surface area contributed by atoms with E-state index in [-0.39, 0.29) is 22.1 Å². The van der Waals surface area contributed by atoms with Crippen molar-refractivity contribution in [3.63, 3.8) is 0 Å². The Kier molecular flexibility index (Phi) is 11.5. The molecule has 81 valence electrons. The molecule has 1 amide bonds. The van der Waals surface area contributed by atoms with Gasteiger partial charge in [-0.2, -0.15) is 0 Å². The summed E-state index contributed by atoms with van der Waals surface area (Å²) in [4.78, 5) is 12.5. The fourth-order valence-electron chi connectivity index (χ4n) is 0.431. The third-order valence-electron chi connectivity index (χ3n) is 1.04. The Labute approximate surface area is 108 Å². The second-order valence-electron chi connectivity index (χ2n) is 3.50. The molecule has 0 spiro atoms. The number of ether oxygens (including phenoxy) is 1. The van der Waals surface area contributed by atoms with Crippen LogP contribution in [-0.4, -0.2) is 46.2 Å². The molecule has 0 atom stereocenters. The Morgan fingerprint density at radius 2 is 1.86 bits per heavy atom. The number of nitrogens with zero attached hydrogens (tertiary/aromatic N) is 1. The molecule has 0 bridgehead atoms. The van der Waals surface area contributed by atoms with E-state index in [9.17, 15) is 4.79 Å². The largest absolute Gasteiger partial charge is 0.560 e. The molecule has 0 aliphatic rings. The second kappa shape index (κ2) is 9.24. The van der Waals surface area contributed by atoms with Crippen LogP contribution in [-0.2, 0) is 4.74 Å². The monoisotopic (exact) mass is 340 g/mol. The molecular weight excluding hydrogens is 326 g/mol. The predicted octanol–water partition coefficient (Wildman–Crippen LogP) is 3.00. The Morgan fingerprint density at radius 3 is 2.07 bits per heavy atom. The third kappa shape index (κ3) is 13.0. The van der Waals surface area contributed by atoms with E-state index < -0.39 is 5.60 Å². The van der Waals surface area contributed by atoms with Crippen molar-refractivity contribution in [2.45, 2.75) is 26.4 Å². The Morgan fingerprint density at radius 1 is 1.50 bits per heavy atom. The standard InChI is InChI=1S/C8H16NO2.2BrH.Mg/c1-6-9(5)7(10)11-8(2,3)4;;;/h1,6H2,2-5H3;2*1H;/q;;;+2/p-2. The van der Waals surface area contributed by atoms with Crippen LogP contribution in [0, 0.1) is 6.92 Å². The van der Waals surface area contributed by atoms with Gasteiger partial charge in [-0.15, -0.1) is 0 Å². The van der Waals surface area contributed by atoms with E-state index in [4.69, 9.17) is 4.74 Å². The summed E-state index contributed by atoms with van der Waals surface area (Å²) in [7, 11) is 1.65. The maximum atomic E-state index is 11.1. The average Bonchev–Trinajstić information content (AvgIpc) is 2.01. The second-order valence-corrected chi connectivity index (χ2v) is 11.6. The SMILES string of the molecule is [Br][Mg][Br].[CH2]CN(C)C(=O)OC(C)(C)C. The molecule has 0 unspecified atom stereocenters. The summed E-state index contributed by atoms with van der Waals surface area (Å²) in [6.45, 7) is 9.49. The van der Waals surface area contributed by atoms with Crippen LogP contribution in [0.2, 0.25) is 0 Å². The number of hydrogen-bond donors (Lipinski definition) is 0. The van der Waals surface area contributed by atoms with Crippen LogP contribution in [0.15, 0.2) is 0 Å². The first-order chi connectivity index (χ1) is 6.28. The maximum Gasteiger partial charge on any atom is 0.560 e. The van der Waals surface area contributed by atoms with Gasteiger partial charge in [-0.3, -0.25) is 25.8 Å². The predicted molar refractivity (Wildman–Crippen MR) is 67.8 cm³/mol. The number of amides is 1. The van der Waals surface area contributed by atoms with Gasteiger partial charge in [-0.25, -0.2) is 4.79 Å². The average molecular weight is 342 g/mol. The number of carbonyl (C=O) groups is 1. The Hall–Kier alpha value is 0.996. The molecule has 0 heterocycles. The summed E-state index contributed by atoms with van der Waals surface area (Å²) in [6.07, 6.45) is -0.326. The zero-order valence-corrected chi connectivity index (χ0v) is 13.7. The van der Waals surface area contributed by atoms with Crippen molar-refractivity contribution < 1.29 is 9.53 Å². The molecule has 0 aromatic heterocycles. The smallest absolute Gasteiger partial charge is 0.444 e. The molecule has 0 aromatic carbocycles. The van der Waals surface area contributed by atoms with Crippen molar-refractivity contribution in [3.05, 3.63) is 6.92 Å². The van der Waals surface area contributed by atoms with Gasteiger partial charge in [0.1, 0.15) is 5.60 Å². The topological polar surface area (TPSA) is 29.5 Å². The molecule has 6 heteroatoms. The van der Waals surface area contributed by atoms with Gasteiger partial charge in [0.2, 0.25) is 0 Å². The Balaban J connectivity index is 0. The molecular formula is C8H16Br2MgNO2. The van der Waals surface area contributed by atoms with Crippen LogP contribution < -0.4 is 0 Å². The minimum Gasteiger partial charge on any atom is -0.444 e. The first-order valence-corrected chi connectivity index (χ1v) is 11.9. The van der Waals surface area contributed by atoms with Gasteiger partial charge < -0.3 is 9.64 Å². The van der Waals surface area contributed by atoms with Crippen molar-refractivity contribution >= 4 is 47.9 Å². The zero-order valence-electron chi connectivity index (χ0n) is 9.14. The maximum absolute atomic E-state index is 11.1. The molecule has 0 aliphatic carbocycles. The van der Waals surface area contributed by atoms with E-state index in [1.54, 1.807) is 7.05 Å².